The lowest BCUT2D eigenvalue weighted by Crippen LogP contribution is -2.30. The summed E-state index contributed by atoms with van der Waals surface area (Å²) >= 11 is 1.49. The lowest BCUT2D eigenvalue weighted by Gasteiger charge is -2.26. The molecule has 0 aliphatic carbocycles. The summed E-state index contributed by atoms with van der Waals surface area (Å²) in [5, 5.41) is 13.7. The Bertz CT molecular complexity index is 1580. The lowest BCUT2D eigenvalue weighted by molar-refractivity contribution is -0.0429. The molecule has 0 fully saturated rings. The number of aliphatic hydroxyl groups excluding tert-OH is 1. The van der Waals surface area contributed by atoms with Gasteiger partial charge in [0.15, 0.2) is 0 Å². The van der Waals surface area contributed by atoms with E-state index in [1.165, 1.54) is 29.5 Å². The molecule has 1 atom stereocenters. The number of benzene rings is 3. The molecule has 0 spiro atoms. The largest absolute Gasteiger partial charge is 0.516 e. The fourth-order valence-electron chi connectivity index (χ4n) is 3.90. The molecule has 0 unspecified atom stereocenters. The molecule has 0 radical (unpaired) electrons. The highest BCUT2D eigenvalue weighted by atomic mass is 32.2. The van der Waals surface area contributed by atoms with Gasteiger partial charge in [-0.15, -0.1) is 11.3 Å². The Balaban J connectivity index is 1.41. The zero-order valence-electron chi connectivity index (χ0n) is 18.9. The van der Waals surface area contributed by atoms with E-state index in [-0.39, 0.29) is 17.9 Å². The number of halogens is 3. The molecule has 6 nitrogen and oxygen atoms in total. The molecule has 190 valence electrons. The number of thiazole rings is 1. The third-order valence-electron chi connectivity index (χ3n) is 5.72. The Morgan fingerprint density at radius 2 is 1.76 bits per heavy atom. The number of fused-ring (bicyclic) bond motifs is 1. The number of aliphatic hydroxyl groups is 1. The van der Waals surface area contributed by atoms with E-state index in [2.05, 4.69) is 4.98 Å². The number of nitrogens with zero attached hydrogens (tertiary/aromatic N) is 1. The zero-order chi connectivity index (χ0) is 26.2. The van der Waals surface area contributed by atoms with Crippen LogP contribution in [0.5, 0.6) is 5.75 Å². The topological polar surface area (TPSA) is 88.5 Å². The number of rotatable bonds is 5. The van der Waals surface area contributed by atoms with Gasteiger partial charge in [0.05, 0.1) is 11.4 Å². The van der Waals surface area contributed by atoms with Crippen LogP contribution in [0.2, 0.25) is 0 Å². The normalized spacial score (nSPS) is 16.8. The van der Waals surface area contributed by atoms with Crippen molar-refractivity contribution in [3.8, 4) is 27.4 Å². The fourth-order valence-corrected chi connectivity index (χ4v) is 5.26. The average molecular weight is 545 g/mol. The van der Waals surface area contributed by atoms with E-state index in [0.29, 0.717) is 28.1 Å². The second-order valence-electron chi connectivity index (χ2n) is 8.20. The van der Waals surface area contributed by atoms with Gasteiger partial charge in [0.25, 0.3) is 0 Å². The van der Waals surface area contributed by atoms with Gasteiger partial charge >= 0.3 is 15.5 Å². The summed E-state index contributed by atoms with van der Waals surface area (Å²) in [5.74, 6) is 0.346. The van der Waals surface area contributed by atoms with Gasteiger partial charge in [0.2, 0.25) is 0 Å². The van der Waals surface area contributed by atoms with Crippen LogP contribution in [0.4, 0.5) is 18.9 Å². The summed E-state index contributed by atoms with van der Waals surface area (Å²) in [6.45, 7) is 0.0815. The number of ether oxygens (including phenoxy) is 1. The van der Waals surface area contributed by atoms with Crippen LogP contribution >= 0.6 is 11.3 Å². The van der Waals surface area contributed by atoms with Crippen LogP contribution in [0.15, 0.2) is 83.7 Å². The van der Waals surface area contributed by atoms with Gasteiger partial charge in [-0.1, -0.05) is 60.7 Å². The fraction of sp³-hybridized carbons (Fsp3) is 0.115. The molecule has 37 heavy (non-hydrogen) atoms. The molecular formula is C26H19F3N2O4S2. The summed E-state index contributed by atoms with van der Waals surface area (Å²) in [5.41, 5.74) is -2.27. The molecule has 11 heteroatoms. The maximum atomic E-state index is 12.9. The number of para-hydroxylation sites is 1. The Morgan fingerprint density at radius 3 is 2.51 bits per heavy atom. The Morgan fingerprint density at radius 1 is 1.03 bits per heavy atom. The number of nitrogens with one attached hydrogen (secondary N) is 1. The molecule has 1 aromatic heterocycles. The van der Waals surface area contributed by atoms with Crippen LogP contribution in [0, 0.1) is 0 Å². The van der Waals surface area contributed by atoms with Crippen LogP contribution < -0.4 is 9.46 Å². The molecule has 2 heterocycles. The first-order chi connectivity index (χ1) is 17.6. The Kier molecular flexibility index (Phi) is 6.52. The number of hydrogen-bond acceptors (Lipinski definition) is 6. The summed E-state index contributed by atoms with van der Waals surface area (Å²) < 4.78 is 69.4. The van der Waals surface area contributed by atoms with Crippen molar-refractivity contribution in [3.63, 3.8) is 0 Å². The second kappa shape index (κ2) is 9.66. The highest BCUT2D eigenvalue weighted by Gasteiger charge is 2.46. The van der Waals surface area contributed by atoms with Crippen molar-refractivity contribution in [2.45, 2.75) is 11.6 Å². The van der Waals surface area contributed by atoms with Gasteiger partial charge in [-0.3, -0.25) is 4.72 Å². The van der Waals surface area contributed by atoms with Crippen molar-refractivity contribution >= 4 is 33.1 Å². The summed E-state index contributed by atoms with van der Waals surface area (Å²) in [4.78, 5) is 4.61. The van der Waals surface area contributed by atoms with Gasteiger partial charge < -0.3 is 9.84 Å². The standard InChI is InChI=1S/C26H19F3N2O4S2/c27-26(28,29)37(33,34)31-22-9-5-4-8-20(22)17-10-11-21-23(13-17)35-14-18(24(21)32)12-19-15-36-25(30-19)16-6-2-1-3-7-16/h1-13,15,24,31-32H,14H2/b18-12+/t24-/m1/s1. The minimum absolute atomic E-state index is 0.0815. The number of hydrogen-bond donors (Lipinski definition) is 2. The van der Waals surface area contributed by atoms with Crippen molar-refractivity contribution in [3.05, 3.63) is 95.0 Å². The van der Waals surface area contributed by atoms with Crippen LogP contribution in [0.3, 0.4) is 0 Å². The third-order valence-corrected chi connectivity index (χ3v) is 7.72. The lowest BCUT2D eigenvalue weighted by atomic mass is 9.94. The molecule has 0 saturated heterocycles. The highest BCUT2D eigenvalue weighted by Crippen LogP contribution is 2.40. The Hall–Kier alpha value is -3.67. The van der Waals surface area contributed by atoms with E-state index in [9.17, 15) is 26.7 Å². The van der Waals surface area contributed by atoms with Crippen molar-refractivity contribution in [2.24, 2.45) is 0 Å². The monoisotopic (exact) mass is 544 g/mol. The van der Waals surface area contributed by atoms with Crippen LogP contribution in [0.1, 0.15) is 17.4 Å². The minimum Gasteiger partial charge on any atom is -0.489 e. The molecular weight excluding hydrogens is 525 g/mol. The van der Waals surface area contributed by atoms with E-state index in [1.807, 2.05) is 35.7 Å². The van der Waals surface area contributed by atoms with Crippen LogP contribution in [-0.4, -0.2) is 30.6 Å². The molecule has 5 rings (SSSR count). The summed E-state index contributed by atoms with van der Waals surface area (Å²) in [6.07, 6.45) is 0.796. The first-order valence-corrected chi connectivity index (χ1v) is 13.3. The van der Waals surface area contributed by atoms with E-state index >= 15 is 0 Å². The number of aromatic nitrogens is 1. The predicted octanol–water partition coefficient (Wildman–Crippen LogP) is 6.25. The van der Waals surface area contributed by atoms with Gasteiger partial charge in [0.1, 0.15) is 23.5 Å². The van der Waals surface area contributed by atoms with Crippen LogP contribution in [0.25, 0.3) is 27.8 Å². The predicted molar refractivity (Wildman–Crippen MR) is 136 cm³/mol. The highest BCUT2D eigenvalue weighted by molar-refractivity contribution is 7.93. The van der Waals surface area contributed by atoms with E-state index in [1.54, 1.807) is 35.1 Å². The summed E-state index contributed by atoms with van der Waals surface area (Å²) in [6, 6.07) is 20.2. The maximum Gasteiger partial charge on any atom is 0.516 e. The average Bonchev–Trinajstić information content (AvgIpc) is 3.34. The summed E-state index contributed by atoms with van der Waals surface area (Å²) in [7, 11) is -5.59. The zero-order valence-corrected chi connectivity index (χ0v) is 20.6. The number of alkyl halides is 3. The molecule has 1 aliphatic heterocycles. The van der Waals surface area contributed by atoms with Crippen molar-refractivity contribution in [1.29, 1.82) is 0 Å². The van der Waals surface area contributed by atoms with E-state index < -0.39 is 21.6 Å². The molecule has 0 saturated carbocycles. The molecule has 0 amide bonds. The minimum atomic E-state index is -5.59. The molecule has 3 aromatic carbocycles. The third kappa shape index (κ3) is 5.10. The molecule has 2 N–H and O–H groups in total. The van der Waals surface area contributed by atoms with Crippen molar-refractivity contribution < 1.29 is 31.4 Å². The SMILES string of the molecule is O=S(=O)(Nc1ccccc1-c1ccc2c(c1)OC/C(=C\c1csc(-c3ccccc3)n1)[C@H]2O)C(F)(F)F. The number of anilines is 1. The second-order valence-corrected chi connectivity index (χ2v) is 10.7. The van der Waals surface area contributed by atoms with Crippen molar-refractivity contribution in [1.82, 2.24) is 4.98 Å². The maximum absolute atomic E-state index is 12.9. The molecule has 0 bridgehead atoms. The first-order valence-electron chi connectivity index (χ1n) is 11.0. The Labute approximate surface area is 214 Å². The van der Waals surface area contributed by atoms with Crippen molar-refractivity contribution in [2.75, 3.05) is 11.3 Å². The smallest absolute Gasteiger partial charge is 0.489 e. The van der Waals surface area contributed by atoms with E-state index in [4.69, 9.17) is 4.74 Å². The van der Waals surface area contributed by atoms with Gasteiger partial charge in [0, 0.05) is 27.6 Å². The molecule has 4 aromatic rings. The van der Waals surface area contributed by atoms with E-state index in [0.717, 1.165) is 10.6 Å². The van der Waals surface area contributed by atoms with Gasteiger partial charge in [-0.2, -0.15) is 21.6 Å². The van der Waals surface area contributed by atoms with Crippen LogP contribution in [-0.2, 0) is 10.0 Å². The molecule has 1 aliphatic rings. The quantitative estimate of drug-likeness (QED) is 0.310. The first kappa shape index (κ1) is 25.0. The number of sulfonamides is 1. The van der Waals surface area contributed by atoms with Gasteiger partial charge in [-0.25, -0.2) is 4.98 Å². The van der Waals surface area contributed by atoms with Gasteiger partial charge in [-0.05, 0) is 23.8 Å².